The Morgan fingerprint density at radius 3 is 1.21 bits per heavy atom. The molecule has 0 spiro atoms. The van der Waals surface area contributed by atoms with Gasteiger partial charge in [0.15, 0.2) is 8.07 Å². The number of hydrogen-bond acceptors (Lipinski definition) is 0. The second-order valence-electron chi connectivity index (χ2n) is 16.8. The van der Waals surface area contributed by atoms with Crippen molar-refractivity contribution in [1.82, 2.24) is 9.13 Å². The second kappa shape index (κ2) is 14.0. The number of para-hydroxylation sites is 2. The van der Waals surface area contributed by atoms with E-state index >= 15 is 0 Å². The predicted octanol–water partition coefficient (Wildman–Crippen LogP) is 12.7. The Kier molecular flexibility index (Phi) is 7.96. The molecule has 3 heteroatoms. The first-order valence-corrected chi connectivity index (χ1v) is 23.9. The molecule has 0 bridgehead atoms. The number of fused-ring (bicyclic) bond motifs is 13. The molecule has 0 aliphatic rings. The first kappa shape index (κ1) is 35.7. The Morgan fingerprint density at radius 2 is 0.635 bits per heavy atom. The molecule has 294 valence electrons. The van der Waals surface area contributed by atoms with E-state index in [9.17, 15) is 0 Å². The Labute approximate surface area is 366 Å². The van der Waals surface area contributed by atoms with Crippen LogP contribution in [0.1, 0.15) is 0 Å². The molecule has 2 heterocycles. The van der Waals surface area contributed by atoms with Crippen LogP contribution in [0.5, 0.6) is 0 Å². The molecule has 0 saturated heterocycles. The number of rotatable bonds is 6. The Bertz CT molecular complexity index is 3720. The van der Waals surface area contributed by atoms with Crippen molar-refractivity contribution in [2.24, 2.45) is 0 Å². The highest BCUT2D eigenvalue weighted by Gasteiger charge is 2.41. The van der Waals surface area contributed by atoms with Crippen LogP contribution in [0.25, 0.3) is 87.3 Å². The van der Waals surface area contributed by atoms with Gasteiger partial charge in [0.1, 0.15) is 0 Å². The average molecular weight is 817 g/mol. The summed E-state index contributed by atoms with van der Waals surface area (Å²) in [4.78, 5) is 0. The maximum absolute atomic E-state index is 2.82. The van der Waals surface area contributed by atoms with Crippen LogP contribution < -0.4 is 20.7 Å². The first-order valence-electron chi connectivity index (χ1n) is 21.9. The lowest BCUT2D eigenvalue weighted by Gasteiger charge is -2.34. The summed E-state index contributed by atoms with van der Waals surface area (Å²) in [5.74, 6) is 0. The summed E-state index contributed by atoms with van der Waals surface area (Å²) < 4.78 is 5.00. The first-order chi connectivity index (χ1) is 31.3. The molecular formula is C60H40N2Si. The molecule has 0 atom stereocenters. The fourth-order valence-electron chi connectivity index (χ4n) is 11.1. The fraction of sp³-hybridized carbons (Fsp3) is 0. The fourth-order valence-corrected chi connectivity index (χ4v) is 15.8. The molecule has 0 fully saturated rings. The van der Waals surface area contributed by atoms with Gasteiger partial charge in [-0.25, -0.2) is 0 Å². The smallest absolute Gasteiger partial charge is 0.179 e. The monoisotopic (exact) mass is 816 g/mol. The van der Waals surface area contributed by atoms with E-state index < -0.39 is 8.07 Å². The molecule has 0 amide bonds. The third-order valence-corrected chi connectivity index (χ3v) is 18.4. The summed E-state index contributed by atoms with van der Waals surface area (Å²) in [5.41, 5.74) is 7.07. The summed E-state index contributed by atoms with van der Waals surface area (Å²) in [5, 5.41) is 18.2. The van der Waals surface area contributed by atoms with E-state index in [1.165, 1.54) is 96.7 Å². The van der Waals surface area contributed by atoms with Gasteiger partial charge in [0.2, 0.25) is 0 Å². The molecule has 2 aromatic heterocycles. The maximum atomic E-state index is 2.55. The summed E-state index contributed by atoms with van der Waals surface area (Å²) in [6.07, 6.45) is 0. The lowest BCUT2D eigenvalue weighted by molar-refractivity contribution is 1.16. The minimum atomic E-state index is -2.82. The summed E-state index contributed by atoms with van der Waals surface area (Å²) in [6.45, 7) is 0. The van der Waals surface area contributed by atoms with Gasteiger partial charge in [0.25, 0.3) is 0 Å². The van der Waals surface area contributed by atoms with E-state index in [1.54, 1.807) is 0 Å². The molecular weight excluding hydrogens is 777 g/mol. The van der Waals surface area contributed by atoms with Crippen LogP contribution in [0.3, 0.4) is 0 Å². The molecule has 0 unspecified atom stereocenters. The molecule has 0 saturated carbocycles. The zero-order chi connectivity index (χ0) is 41.5. The maximum Gasteiger partial charge on any atom is 0.179 e. The van der Waals surface area contributed by atoms with Gasteiger partial charge < -0.3 is 9.13 Å². The van der Waals surface area contributed by atoms with E-state index in [1.807, 2.05) is 0 Å². The highest BCUT2D eigenvalue weighted by Crippen LogP contribution is 2.44. The van der Waals surface area contributed by atoms with E-state index in [0.717, 1.165) is 11.4 Å². The van der Waals surface area contributed by atoms with Crippen molar-refractivity contribution in [3.63, 3.8) is 0 Å². The zero-order valence-corrected chi connectivity index (χ0v) is 35.5. The van der Waals surface area contributed by atoms with Crippen LogP contribution in [0.2, 0.25) is 0 Å². The van der Waals surface area contributed by atoms with E-state index in [0.29, 0.717) is 0 Å². The molecule has 0 radical (unpaired) electrons. The van der Waals surface area contributed by atoms with Gasteiger partial charge in [0, 0.05) is 38.3 Å². The topological polar surface area (TPSA) is 9.86 Å². The molecule has 0 aliphatic heterocycles. The van der Waals surface area contributed by atoms with Gasteiger partial charge in [-0.05, 0) is 90.1 Å². The van der Waals surface area contributed by atoms with Gasteiger partial charge in [0.05, 0.1) is 22.1 Å². The third-order valence-electron chi connectivity index (χ3n) is 13.6. The van der Waals surface area contributed by atoms with Crippen molar-refractivity contribution in [2.45, 2.75) is 0 Å². The molecule has 13 rings (SSSR count). The lowest BCUT2D eigenvalue weighted by Crippen LogP contribution is -2.74. The molecule has 2 nitrogen and oxygen atoms in total. The summed E-state index contributed by atoms with van der Waals surface area (Å²) in [7, 11) is -2.82. The van der Waals surface area contributed by atoms with Gasteiger partial charge in [-0.2, -0.15) is 0 Å². The predicted molar refractivity (Wildman–Crippen MR) is 271 cm³/mol. The molecule has 0 N–H and O–H groups in total. The largest absolute Gasteiger partial charge is 0.309 e. The number of nitrogens with zero attached hydrogens (tertiary/aromatic N) is 2. The van der Waals surface area contributed by atoms with Crippen LogP contribution in [-0.2, 0) is 0 Å². The lowest BCUT2D eigenvalue weighted by atomic mass is 9.92. The van der Waals surface area contributed by atoms with E-state index in [2.05, 4.69) is 252 Å². The molecule has 63 heavy (non-hydrogen) atoms. The Morgan fingerprint density at radius 1 is 0.222 bits per heavy atom. The quantitative estimate of drug-likeness (QED) is 0.0899. The Balaban J connectivity index is 1.18. The highest BCUT2D eigenvalue weighted by atomic mass is 28.3. The average Bonchev–Trinajstić information content (AvgIpc) is 3.88. The minimum Gasteiger partial charge on any atom is -0.309 e. The zero-order valence-electron chi connectivity index (χ0n) is 34.5. The van der Waals surface area contributed by atoms with Gasteiger partial charge in [-0.3, -0.25) is 0 Å². The minimum absolute atomic E-state index is 1.14. The Hall–Kier alpha value is -7.98. The SMILES string of the molecule is c1ccc([Si](c2ccccc2)(c2ccccc2)c2cccc(-n3c4cc(-n5c6ccccc6c6ccccc65)ccc4c4c5c6ccccc6c6ccccc6c5ccc43)c2)cc1. The van der Waals surface area contributed by atoms with Crippen molar-refractivity contribution in [3.05, 3.63) is 243 Å². The van der Waals surface area contributed by atoms with E-state index in [-0.39, 0.29) is 0 Å². The number of hydrogen-bond donors (Lipinski definition) is 0. The van der Waals surface area contributed by atoms with Crippen LogP contribution >= 0.6 is 0 Å². The van der Waals surface area contributed by atoms with Crippen LogP contribution in [0.15, 0.2) is 243 Å². The van der Waals surface area contributed by atoms with Crippen LogP contribution in [0.4, 0.5) is 0 Å². The standard InChI is InChI=1S/C60H40N2Si/c1-4-20-43(21-5-1)63(44-22-6-2-7-23-44,45-24-8-3-9-25-45)46-26-18-19-41(39-46)62-57-38-37-53-49-29-11-10-27-47(49)48-28-12-13-32-52(48)59(53)60(57)54-36-35-42(40-58(54)62)61-55-33-16-14-30-50(55)51-31-15-17-34-56(51)61/h1-40H. The molecule has 13 aromatic rings. The van der Waals surface area contributed by atoms with Crippen molar-refractivity contribution >= 4 is 105 Å². The molecule has 0 aliphatic carbocycles. The van der Waals surface area contributed by atoms with Crippen LogP contribution in [0, 0.1) is 0 Å². The third kappa shape index (κ3) is 5.18. The van der Waals surface area contributed by atoms with Crippen molar-refractivity contribution in [3.8, 4) is 11.4 Å². The van der Waals surface area contributed by atoms with Gasteiger partial charge >= 0.3 is 0 Å². The second-order valence-corrected chi connectivity index (χ2v) is 20.6. The van der Waals surface area contributed by atoms with Crippen molar-refractivity contribution in [2.75, 3.05) is 0 Å². The van der Waals surface area contributed by atoms with Crippen LogP contribution in [-0.4, -0.2) is 17.2 Å². The molecule has 11 aromatic carbocycles. The van der Waals surface area contributed by atoms with Gasteiger partial charge in [-0.1, -0.05) is 200 Å². The normalized spacial score (nSPS) is 12.1. The summed E-state index contributed by atoms with van der Waals surface area (Å²) >= 11 is 0. The summed E-state index contributed by atoms with van der Waals surface area (Å²) in [6, 6.07) is 90.6. The number of benzene rings is 11. The van der Waals surface area contributed by atoms with Crippen molar-refractivity contribution < 1.29 is 0 Å². The van der Waals surface area contributed by atoms with E-state index in [4.69, 9.17) is 0 Å². The van der Waals surface area contributed by atoms with Crippen molar-refractivity contribution in [1.29, 1.82) is 0 Å². The van der Waals surface area contributed by atoms with Gasteiger partial charge in [-0.15, -0.1) is 0 Å². The number of aromatic nitrogens is 2. The highest BCUT2D eigenvalue weighted by molar-refractivity contribution is 7.19.